The van der Waals surface area contributed by atoms with E-state index in [4.69, 9.17) is 4.42 Å². The first-order valence-electron chi connectivity index (χ1n) is 4.77. The predicted octanol–water partition coefficient (Wildman–Crippen LogP) is 1.89. The smallest absolute Gasteiger partial charge is 0.415 e. The van der Waals surface area contributed by atoms with Gasteiger partial charge in [-0.1, -0.05) is 10.2 Å². The summed E-state index contributed by atoms with van der Waals surface area (Å²) in [6, 6.07) is -0.143. The third kappa shape index (κ3) is 4.72. The number of carbonyl (C=O) groups excluding carboxylic acids is 2. The lowest BCUT2D eigenvalue weighted by molar-refractivity contribution is 0.167. The van der Waals surface area contributed by atoms with Crippen LogP contribution in [0.25, 0.3) is 0 Å². The van der Waals surface area contributed by atoms with Gasteiger partial charge in [0.15, 0.2) is 0 Å². The van der Waals surface area contributed by atoms with Crippen LogP contribution in [-0.4, -0.2) is 34.8 Å². The van der Waals surface area contributed by atoms with Gasteiger partial charge in [-0.15, -0.1) is 0 Å². The van der Waals surface area contributed by atoms with Gasteiger partial charge in [-0.2, -0.15) is 0 Å². The fourth-order valence-corrected chi connectivity index (χ4v) is 1.30. The predicted molar refractivity (Wildman–Crippen MR) is 57.8 cm³/mol. The summed E-state index contributed by atoms with van der Waals surface area (Å²) in [5, 5.41) is 8.65. The Morgan fingerprint density at radius 1 is 1.29 bits per heavy atom. The Hall–Kier alpha value is -1.77. The van der Waals surface area contributed by atoms with Crippen LogP contribution in [0.2, 0.25) is 0 Å². The first-order chi connectivity index (χ1) is 8.15. The largest absolute Gasteiger partial charge is 0.458 e. The van der Waals surface area contributed by atoms with E-state index < -0.39 is 11.4 Å². The zero-order valence-electron chi connectivity index (χ0n) is 9.26. The number of aromatic nitrogens is 2. The molecule has 0 aliphatic carbocycles. The highest BCUT2D eigenvalue weighted by Gasteiger charge is 2.14. The maximum Gasteiger partial charge on any atom is 0.415 e. The van der Waals surface area contributed by atoms with E-state index in [1.165, 1.54) is 0 Å². The number of thioether (sulfide) groups is 1. The lowest BCUT2D eigenvalue weighted by Gasteiger charge is -1.99. The Kier molecular flexibility index (Phi) is 5.27. The van der Waals surface area contributed by atoms with Gasteiger partial charge in [0.1, 0.15) is 0 Å². The Morgan fingerprint density at radius 2 is 2.00 bits per heavy atom. The molecule has 0 saturated carbocycles. The number of hydrogen-bond donors (Lipinski definition) is 1. The highest BCUT2D eigenvalue weighted by molar-refractivity contribution is 8.13. The number of anilines is 1. The van der Waals surface area contributed by atoms with E-state index in [0.29, 0.717) is 11.8 Å². The second-order valence-corrected chi connectivity index (χ2v) is 3.39. The van der Waals surface area contributed by atoms with Crippen molar-refractivity contribution in [3.8, 4) is 0 Å². The first-order valence-corrected chi connectivity index (χ1v) is 5.59. The monoisotopic (exact) mass is 261 g/mol. The molecule has 8 nitrogen and oxygen atoms in total. The van der Waals surface area contributed by atoms with Gasteiger partial charge in [0.2, 0.25) is 0 Å². The Balaban J connectivity index is 2.47. The van der Waals surface area contributed by atoms with Crippen molar-refractivity contribution < 1.29 is 23.5 Å². The molecule has 17 heavy (non-hydrogen) atoms. The molecule has 0 aliphatic heterocycles. The second kappa shape index (κ2) is 6.74. The number of amides is 1. The molecule has 0 bridgehead atoms. The third-order valence-corrected chi connectivity index (χ3v) is 1.95. The summed E-state index contributed by atoms with van der Waals surface area (Å²) >= 11 is 0.636. The van der Waals surface area contributed by atoms with Crippen LogP contribution in [0.3, 0.4) is 0 Å². The maximum atomic E-state index is 11.0. The van der Waals surface area contributed by atoms with Crippen molar-refractivity contribution in [1.82, 2.24) is 10.2 Å². The SMILES string of the molecule is CCOC(=O)Nc1nnc(SC(=O)OCC)o1. The molecule has 0 spiro atoms. The van der Waals surface area contributed by atoms with E-state index in [2.05, 4.69) is 25.0 Å². The summed E-state index contributed by atoms with van der Waals surface area (Å²) in [7, 11) is 0. The molecule has 0 radical (unpaired) electrons. The first kappa shape index (κ1) is 13.3. The van der Waals surface area contributed by atoms with Crippen LogP contribution in [0, 0.1) is 0 Å². The van der Waals surface area contributed by atoms with Gasteiger partial charge < -0.3 is 13.9 Å². The fraction of sp³-hybridized carbons (Fsp3) is 0.500. The van der Waals surface area contributed by atoms with Crippen molar-refractivity contribution in [2.75, 3.05) is 18.5 Å². The zero-order chi connectivity index (χ0) is 12.7. The molecule has 0 aromatic carbocycles. The van der Waals surface area contributed by atoms with E-state index in [-0.39, 0.29) is 24.5 Å². The Bertz CT molecular complexity index is 360. The van der Waals surface area contributed by atoms with Gasteiger partial charge >= 0.3 is 17.4 Å². The maximum absolute atomic E-state index is 11.0. The standard InChI is InChI=1S/C8H11N3O5S/c1-3-14-6(12)9-5-10-11-7(16-5)17-8(13)15-4-2/h3-4H2,1-2H3,(H,9,10,12). The van der Waals surface area contributed by atoms with E-state index in [1.807, 2.05) is 0 Å². The quantitative estimate of drug-likeness (QED) is 0.647. The topological polar surface area (TPSA) is 104 Å². The molecule has 1 rings (SSSR count). The van der Waals surface area contributed by atoms with Crippen molar-refractivity contribution >= 4 is 29.2 Å². The summed E-state index contributed by atoms with van der Waals surface area (Å²) in [5.41, 5.74) is 0. The van der Waals surface area contributed by atoms with Crippen LogP contribution in [0.1, 0.15) is 13.8 Å². The molecule has 1 aromatic heterocycles. The summed E-state index contributed by atoms with van der Waals surface area (Å²) < 4.78 is 14.2. The van der Waals surface area contributed by atoms with Crippen molar-refractivity contribution in [3.63, 3.8) is 0 Å². The van der Waals surface area contributed by atoms with Gasteiger partial charge in [-0.05, 0) is 13.8 Å². The van der Waals surface area contributed by atoms with E-state index in [0.717, 1.165) is 0 Å². The molecule has 0 atom stereocenters. The second-order valence-electron chi connectivity index (χ2n) is 2.50. The molecule has 0 unspecified atom stereocenters. The van der Waals surface area contributed by atoms with Crippen LogP contribution in [0.15, 0.2) is 9.64 Å². The number of hydrogen-bond acceptors (Lipinski definition) is 8. The number of carbonyl (C=O) groups is 2. The molecule has 94 valence electrons. The Labute approximate surface area is 101 Å². The van der Waals surface area contributed by atoms with Crippen molar-refractivity contribution in [3.05, 3.63) is 0 Å². The summed E-state index contributed by atoms with van der Waals surface area (Å²) in [5.74, 6) is 0. The summed E-state index contributed by atoms with van der Waals surface area (Å²) in [6.07, 6.45) is -0.705. The lowest BCUT2D eigenvalue weighted by atomic mass is 10.8. The summed E-state index contributed by atoms with van der Waals surface area (Å²) in [4.78, 5) is 22.0. The van der Waals surface area contributed by atoms with Gasteiger partial charge in [0, 0.05) is 0 Å². The minimum Gasteiger partial charge on any atom is -0.458 e. The number of nitrogens with one attached hydrogen (secondary N) is 1. The fourth-order valence-electron chi connectivity index (χ4n) is 0.775. The van der Waals surface area contributed by atoms with E-state index in [9.17, 15) is 9.59 Å². The van der Waals surface area contributed by atoms with E-state index >= 15 is 0 Å². The molecule has 9 heteroatoms. The zero-order valence-corrected chi connectivity index (χ0v) is 10.1. The molecular weight excluding hydrogens is 250 g/mol. The van der Waals surface area contributed by atoms with Crippen molar-refractivity contribution in [2.24, 2.45) is 0 Å². The number of ether oxygens (including phenoxy) is 2. The molecular formula is C8H11N3O5S. The molecule has 1 N–H and O–H groups in total. The molecule has 1 aromatic rings. The molecule has 1 amide bonds. The van der Waals surface area contributed by atoms with Crippen molar-refractivity contribution in [2.45, 2.75) is 19.1 Å². The van der Waals surface area contributed by atoms with Crippen LogP contribution < -0.4 is 5.32 Å². The van der Waals surface area contributed by atoms with Gasteiger partial charge in [0.05, 0.1) is 25.0 Å². The van der Waals surface area contributed by atoms with Crippen LogP contribution in [0.4, 0.5) is 15.6 Å². The Morgan fingerprint density at radius 3 is 2.65 bits per heavy atom. The molecule has 0 fully saturated rings. The minimum absolute atomic E-state index is 0.0183. The van der Waals surface area contributed by atoms with E-state index in [1.54, 1.807) is 13.8 Å². The average molecular weight is 261 g/mol. The van der Waals surface area contributed by atoms with Crippen LogP contribution in [-0.2, 0) is 9.47 Å². The van der Waals surface area contributed by atoms with Crippen LogP contribution >= 0.6 is 11.8 Å². The number of nitrogens with zero attached hydrogens (tertiary/aromatic N) is 2. The highest BCUT2D eigenvalue weighted by Crippen LogP contribution is 2.20. The highest BCUT2D eigenvalue weighted by atomic mass is 32.2. The van der Waals surface area contributed by atoms with Gasteiger partial charge in [0.25, 0.3) is 5.22 Å². The minimum atomic E-state index is -0.705. The average Bonchev–Trinajstić information content (AvgIpc) is 2.66. The molecule has 1 heterocycles. The van der Waals surface area contributed by atoms with Gasteiger partial charge in [-0.25, -0.2) is 14.9 Å². The normalized spacial score (nSPS) is 9.76. The van der Waals surface area contributed by atoms with Crippen molar-refractivity contribution in [1.29, 1.82) is 0 Å². The van der Waals surface area contributed by atoms with Gasteiger partial charge in [-0.3, -0.25) is 0 Å². The third-order valence-electron chi connectivity index (χ3n) is 1.32. The summed E-state index contributed by atoms with van der Waals surface area (Å²) in [6.45, 7) is 3.83. The molecule has 0 aliphatic rings. The number of rotatable bonds is 4. The molecule has 0 saturated heterocycles. The lowest BCUT2D eigenvalue weighted by Crippen LogP contribution is -2.13. The van der Waals surface area contributed by atoms with Crippen LogP contribution in [0.5, 0.6) is 0 Å².